The first-order chi connectivity index (χ1) is 16.6. The third-order valence-corrected chi connectivity index (χ3v) is 8.36. The third kappa shape index (κ3) is 4.85. The maximum atomic E-state index is 13.9. The second-order valence-corrected chi connectivity index (χ2v) is 10.6. The Hall–Kier alpha value is -2.41. The molecule has 1 aromatic carbocycles. The summed E-state index contributed by atoms with van der Waals surface area (Å²) in [5, 5.41) is 0. The van der Waals surface area contributed by atoms with E-state index < -0.39 is 0 Å². The molecule has 3 fully saturated rings. The Balaban J connectivity index is 1.40. The van der Waals surface area contributed by atoms with E-state index in [9.17, 15) is 9.59 Å². The zero-order valence-corrected chi connectivity index (χ0v) is 20.3. The van der Waals surface area contributed by atoms with Gasteiger partial charge in [-0.3, -0.25) is 9.59 Å². The van der Waals surface area contributed by atoms with Gasteiger partial charge in [0.05, 0.1) is 17.0 Å². The van der Waals surface area contributed by atoms with Crippen molar-refractivity contribution in [2.24, 2.45) is 11.7 Å². The van der Waals surface area contributed by atoms with Crippen LogP contribution in [-0.4, -0.2) is 52.6 Å². The Labute approximate surface area is 202 Å². The van der Waals surface area contributed by atoms with E-state index in [0.29, 0.717) is 18.4 Å². The van der Waals surface area contributed by atoms with Gasteiger partial charge in [-0.05, 0) is 50.7 Å². The van der Waals surface area contributed by atoms with Crippen LogP contribution in [0.3, 0.4) is 0 Å². The number of likely N-dealkylation sites (tertiary alicyclic amines) is 1. The number of anilines is 1. The van der Waals surface area contributed by atoms with Crippen molar-refractivity contribution in [2.45, 2.75) is 82.7 Å². The second kappa shape index (κ2) is 10.5. The van der Waals surface area contributed by atoms with Crippen LogP contribution < -0.4 is 16.2 Å². The van der Waals surface area contributed by atoms with Crippen LogP contribution in [0, 0.1) is 5.92 Å². The smallest absolute Gasteiger partial charge is 0.294 e. The number of aromatic nitrogens is 2. The fraction of sp³-hybridized carbons (Fsp3) is 0.667. The molecule has 7 heteroatoms. The largest absolute Gasteiger partial charge is 0.369 e. The molecule has 0 spiro atoms. The van der Waals surface area contributed by atoms with Crippen LogP contribution in [0.1, 0.15) is 76.7 Å². The molecule has 3 aliphatic rings. The lowest BCUT2D eigenvalue weighted by molar-refractivity contribution is -0.122. The van der Waals surface area contributed by atoms with Gasteiger partial charge in [0, 0.05) is 38.3 Å². The zero-order chi connectivity index (χ0) is 23.5. The van der Waals surface area contributed by atoms with E-state index >= 15 is 0 Å². The van der Waals surface area contributed by atoms with Gasteiger partial charge in [0.25, 0.3) is 5.56 Å². The monoisotopic (exact) mass is 465 g/mol. The van der Waals surface area contributed by atoms with Crippen LogP contribution in [0.2, 0.25) is 0 Å². The van der Waals surface area contributed by atoms with E-state index in [2.05, 4.69) is 4.90 Å². The first kappa shape index (κ1) is 23.3. The number of piperidine rings is 2. The van der Waals surface area contributed by atoms with E-state index in [4.69, 9.17) is 10.7 Å². The zero-order valence-electron chi connectivity index (χ0n) is 20.3. The number of benzene rings is 1. The maximum absolute atomic E-state index is 13.9. The molecule has 1 unspecified atom stereocenters. The quantitative estimate of drug-likeness (QED) is 0.741. The molecule has 1 atom stereocenters. The van der Waals surface area contributed by atoms with Gasteiger partial charge in [0.1, 0.15) is 0 Å². The molecule has 184 valence electrons. The molecular formula is C27H39N5O2. The average molecular weight is 466 g/mol. The molecule has 34 heavy (non-hydrogen) atoms. The van der Waals surface area contributed by atoms with Gasteiger partial charge < -0.3 is 20.1 Å². The van der Waals surface area contributed by atoms with Gasteiger partial charge >= 0.3 is 0 Å². The van der Waals surface area contributed by atoms with Crippen molar-refractivity contribution in [3.63, 3.8) is 0 Å². The number of amides is 1. The van der Waals surface area contributed by atoms with E-state index in [-0.39, 0.29) is 23.4 Å². The number of para-hydroxylation sites is 2. The molecule has 7 nitrogen and oxygen atoms in total. The summed E-state index contributed by atoms with van der Waals surface area (Å²) in [6.07, 6.45) is 13.1. The van der Waals surface area contributed by atoms with Crippen LogP contribution in [0.4, 0.5) is 5.82 Å². The number of carbonyl (C=O) groups is 1. The van der Waals surface area contributed by atoms with Crippen LogP contribution in [0.25, 0.3) is 11.0 Å². The van der Waals surface area contributed by atoms with Gasteiger partial charge in [-0.2, -0.15) is 0 Å². The standard InChI is InChI=1S/C27H39N5O2/c28-25(33)20-9-8-16-31(19-20)26-27(34)32(24-13-7-6-12-23(24)29-26)22-14-17-30(18-15-22)21-10-4-2-1-3-5-11-21/h6-7,12-13,20-22H,1-5,8-11,14-19H2,(H2,28,33). The molecule has 2 N–H and O–H groups in total. The summed E-state index contributed by atoms with van der Waals surface area (Å²) in [6.45, 7) is 3.34. The van der Waals surface area contributed by atoms with Gasteiger partial charge in [0.15, 0.2) is 5.82 Å². The number of nitrogens with two attached hydrogens (primary N) is 1. The van der Waals surface area contributed by atoms with Gasteiger partial charge in [-0.1, -0.05) is 44.2 Å². The Morgan fingerprint density at radius 3 is 2.29 bits per heavy atom. The SMILES string of the molecule is NC(=O)C1CCCN(c2nc3ccccc3n(C3CCN(C4CCCCCCC4)CC3)c2=O)C1. The summed E-state index contributed by atoms with van der Waals surface area (Å²) >= 11 is 0. The molecular weight excluding hydrogens is 426 g/mol. The number of fused-ring (bicyclic) bond motifs is 1. The number of hydrogen-bond donors (Lipinski definition) is 1. The third-order valence-electron chi connectivity index (χ3n) is 8.36. The van der Waals surface area contributed by atoms with E-state index in [0.717, 1.165) is 56.4 Å². The molecule has 1 aliphatic carbocycles. The normalized spacial score (nSPS) is 24.1. The molecule has 1 aromatic heterocycles. The summed E-state index contributed by atoms with van der Waals surface area (Å²) in [6, 6.07) is 8.88. The molecule has 0 radical (unpaired) electrons. The van der Waals surface area contributed by atoms with Crippen molar-refractivity contribution in [1.29, 1.82) is 0 Å². The highest BCUT2D eigenvalue weighted by Gasteiger charge is 2.31. The Morgan fingerprint density at radius 1 is 0.853 bits per heavy atom. The molecule has 0 bridgehead atoms. The summed E-state index contributed by atoms with van der Waals surface area (Å²) in [4.78, 5) is 35.2. The number of rotatable bonds is 4. The van der Waals surface area contributed by atoms with Crippen molar-refractivity contribution in [1.82, 2.24) is 14.5 Å². The van der Waals surface area contributed by atoms with E-state index in [1.54, 1.807) is 0 Å². The maximum Gasteiger partial charge on any atom is 0.294 e. The second-order valence-electron chi connectivity index (χ2n) is 10.6. The fourth-order valence-electron chi connectivity index (χ4n) is 6.42. The lowest BCUT2D eigenvalue weighted by atomic mass is 9.93. The summed E-state index contributed by atoms with van der Waals surface area (Å²) in [5.74, 6) is -0.0265. The van der Waals surface area contributed by atoms with E-state index in [1.807, 2.05) is 33.7 Å². The summed E-state index contributed by atoms with van der Waals surface area (Å²) in [5.41, 5.74) is 7.35. The predicted molar refractivity (Wildman–Crippen MR) is 136 cm³/mol. The van der Waals surface area contributed by atoms with Gasteiger partial charge in [-0.25, -0.2) is 4.98 Å². The first-order valence-electron chi connectivity index (χ1n) is 13.4. The topological polar surface area (TPSA) is 84.5 Å². The van der Waals surface area contributed by atoms with Crippen LogP contribution in [0.15, 0.2) is 29.1 Å². The number of hydrogen-bond acceptors (Lipinski definition) is 5. The minimum Gasteiger partial charge on any atom is -0.369 e. The number of primary amides is 1. The Morgan fingerprint density at radius 2 is 1.56 bits per heavy atom. The molecule has 2 saturated heterocycles. The van der Waals surface area contributed by atoms with Crippen LogP contribution in [0.5, 0.6) is 0 Å². The molecule has 3 heterocycles. The lowest BCUT2D eigenvalue weighted by Crippen LogP contribution is -2.46. The van der Waals surface area contributed by atoms with Crippen molar-refractivity contribution in [3.8, 4) is 0 Å². The predicted octanol–water partition coefficient (Wildman–Crippen LogP) is 3.85. The summed E-state index contributed by atoms with van der Waals surface area (Å²) < 4.78 is 2.01. The highest BCUT2D eigenvalue weighted by Crippen LogP contribution is 2.30. The molecule has 5 rings (SSSR count). The summed E-state index contributed by atoms with van der Waals surface area (Å²) in [7, 11) is 0. The highest BCUT2D eigenvalue weighted by molar-refractivity contribution is 5.78. The number of nitrogens with zero attached hydrogens (tertiary/aromatic N) is 4. The average Bonchev–Trinajstić information content (AvgIpc) is 2.84. The minimum absolute atomic E-state index is 0.0202. The van der Waals surface area contributed by atoms with Crippen molar-refractivity contribution < 1.29 is 4.79 Å². The molecule has 1 amide bonds. The van der Waals surface area contributed by atoms with Crippen LogP contribution in [-0.2, 0) is 4.79 Å². The Bertz CT molecular complexity index is 1050. The van der Waals surface area contributed by atoms with Crippen molar-refractivity contribution >= 4 is 22.8 Å². The molecule has 2 aromatic rings. The highest BCUT2D eigenvalue weighted by atomic mass is 16.1. The number of carbonyl (C=O) groups excluding carboxylic acids is 1. The fourth-order valence-corrected chi connectivity index (χ4v) is 6.42. The molecule has 1 saturated carbocycles. The van der Waals surface area contributed by atoms with Crippen molar-refractivity contribution in [3.05, 3.63) is 34.6 Å². The molecule has 2 aliphatic heterocycles. The van der Waals surface area contributed by atoms with E-state index in [1.165, 1.54) is 44.9 Å². The first-order valence-corrected chi connectivity index (χ1v) is 13.4. The lowest BCUT2D eigenvalue weighted by Gasteiger charge is -2.39. The van der Waals surface area contributed by atoms with Crippen molar-refractivity contribution in [2.75, 3.05) is 31.1 Å². The van der Waals surface area contributed by atoms with Gasteiger partial charge in [0.2, 0.25) is 5.91 Å². The minimum atomic E-state index is -0.285. The Kier molecular flexibility index (Phi) is 7.18. The van der Waals surface area contributed by atoms with Gasteiger partial charge in [-0.15, -0.1) is 0 Å². The van der Waals surface area contributed by atoms with Crippen LogP contribution >= 0.6 is 0 Å².